The highest BCUT2D eigenvalue weighted by atomic mass is 16.2. The molecule has 1 amide bonds. The van der Waals surface area contributed by atoms with Crippen molar-refractivity contribution in [2.75, 3.05) is 4.90 Å². The number of amides is 1. The van der Waals surface area contributed by atoms with E-state index in [1.54, 1.807) is 6.92 Å². The van der Waals surface area contributed by atoms with Gasteiger partial charge in [-0.1, -0.05) is 48.5 Å². The SMILES string of the molecule is CC1Cc2ccccc2N1C(=O)C(C)(N)c1ccccc1. The van der Waals surface area contributed by atoms with Gasteiger partial charge in [-0.25, -0.2) is 0 Å². The molecule has 3 nitrogen and oxygen atoms in total. The van der Waals surface area contributed by atoms with E-state index in [2.05, 4.69) is 13.0 Å². The number of nitrogens with two attached hydrogens (primary N) is 1. The summed E-state index contributed by atoms with van der Waals surface area (Å²) in [5, 5.41) is 0. The van der Waals surface area contributed by atoms with E-state index >= 15 is 0 Å². The fourth-order valence-electron chi connectivity index (χ4n) is 3.03. The van der Waals surface area contributed by atoms with Crippen LogP contribution < -0.4 is 10.6 Å². The summed E-state index contributed by atoms with van der Waals surface area (Å²) in [4.78, 5) is 14.9. The lowest BCUT2D eigenvalue weighted by molar-refractivity contribution is -0.123. The number of para-hydroxylation sites is 1. The number of hydrogen-bond donors (Lipinski definition) is 1. The number of rotatable bonds is 2. The predicted molar refractivity (Wildman–Crippen MR) is 85.1 cm³/mol. The zero-order valence-electron chi connectivity index (χ0n) is 12.4. The van der Waals surface area contributed by atoms with Crippen LogP contribution in [0.5, 0.6) is 0 Å². The van der Waals surface area contributed by atoms with Crippen LogP contribution in [0.2, 0.25) is 0 Å². The van der Waals surface area contributed by atoms with Crippen molar-refractivity contribution < 1.29 is 4.79 Å². The lowest BCUT2D eigenvalue weighted by Crippen LogP contribution is -2.52. The minimum Gasteiger partial charge on any atom is -0.314 e. The minimum atomic E-state index is -1.02. The molecule has 21 heavy (non-hydrogen) atoms. The van der Waals surface area contributed by atoms with Crippen LogP contribution in [0.25, 0.3) is 0 Å². The number of carbonyl (C=O) groups excluding carboxylic acids is 1. The summed E-state index contributed by atoms with van der Waals surface area (Å²) < 4.78 is 0. The molecule has 1 aliphatic heterocycles. The molecule has 108 valence electrons. The average Bonchev–Trinajstić information content (AvgIpc) is 2.83. The lowest BCUT2D eigenvalue weighted by atomic mass is 9.91. The highest BCUT2D eigenvalue weighted by Crippen LogP contribution is 2.35. The Morgan fingerprint density at radius 2 is 1.76 bits per heavy atom. The van der Waals surface area contributed by atoms with Crippen LogP contribution >= 0.6 is 0 Å². The van der Waals surface area contributed by atoms with E-state index in [1.165, 1.54) is 5.56 Å². The summed E-state index contributed by atoms with van der Waals surface area (Å²) in [5.41, 5.74) is 8.41. The summed E-state index contributed by atoms with van der Waals surface area (Å²) in [6, 6.07) is 17.8. The molecule has 0 fully saturated rings. The largest absolute Gasteiger partial charge is 0.314 e. The Bertz CT molecular complexity index is 664. The van der Waals surface area contributed by atoms with Crippen molar-refractivity contribution in [3.63, 3.8) is 0 Å². The molecule has 3 rings (SSSR count). The quantitative estimate of drug-likeness (QED) is 0.919. The van der Waals surface area contributed by atoms with Crippen molar-refractivity contribution in [1.29, 1.82) is 0 Å². The van der Waals surface area contributed by atoms with Gasteiger partial charge in [-0.2, -0.15) is 0 Å². The van der Waals surface area contributed by atoms with Crippen LogP contribution in [0.1, 0.15) is 25.0 Å². The Kier molecular flexibility index (Phi) is 3.30. The van der Waals surface area contributed by atoms with Crippen molar-refractivity contribution >= 4 is 11.6 Å². The molecule has 0 saturated heterocycles. The molecule has 0 aliphatic carbocycles. The van der Waals surface area contributed by atoms with Gasteiger partial charge in [0.2, 0.25) is 0 Å². The van der Waals surface area contributed by atoms with Crippen LogP contribution in [-0.2, 0) is 16.8 Å². The van der Waals surface area contributed by atoms with Crippen LogP contribution in [0.15, 0.2) is 54.6 Å². The molecule has 0 saturated carbocycles. The number of hydrogen-bond acceptors (Lipinski definition) is 2. The smallest absolute Gasteiger partial charge is 0.251 e. The number of fused-ring (bicyclic) bond motifs is 1. The van der Waals surface area contributed by atoms with Crippen molar-refractivity contribution in [3.05, 3.63) is 65.7 Å². The predicted octanol–water partition coefficient (Wildman–Crippen LogP) is 2.84. The monoisotopic (exact) mass is 280 g/mol. The van der Waals surface area contributed by atoms with E-state index in [9.17, 15) is 4.79 Å². The topological polar surface area (TPSA) is 46.3 Å². The first-order valence-corrected chi connectivity index (χ1v) is 7.28. The molecule has 0 bridgehead atoms. The van der Waals surface area contributed by atoms with E-state index in [0.29, 0.717) is 0 Å². The number of benzene rings is 2. The second kappa shape index (κ2) is 5.01. The average molecular weight is 280 g/mol. The molecule has 0 aromatic heterocycles. The van der Waals surface area contributed by atoms with Gasteiger partial charge in [-0.15, -0.1) is 0 Å². The van der Waals surface area contributed by atoms with Gasteiger partial charge in [0.25, 0.3) is 5.91 Å². The van der Waals surface area contributed by atoms with Crippen LogP contribution in [0.4, 0.5) is 5.69 Å². The van der Waals surface area contributed by atoms with Gasteiger partial charge >= 0.3 is 0 Å². The Labute approximate surface area is 125 Å². The first kappa shape index (κ1) is 13.8. The molecular weight excluding hydrogens is 260 g/mol. The summed E-state index contributed by atoms with van der Waals surface area (Å²) in [5.74, 6) is -0.0499. The molecule has 1 aliphatic rings. The molecular formula is C18H20N2O. The molecule has 2 unspecified atom stereocenters. The van der Waals surface area contributed by atoms with Crippen molar-refractivity contribution in [2.45, 2.75) is 31.8 Å². The van der Waals surface area contributed by atoms with Crippen LogP contribution in [0.3, 0.4) is 0 Å². The minimum absolute atomic E-state index is 0.0499. The highest BCUT2D eigenvalue weighted by molar-refractivity contribution is 6.02. The zero-order chi connectivity index (χ0) is 15.0. The van der Waals surface area contributed by atoms with Gasteiger partial charge in [-0.05, 0) is 37.5 Å². The number of nitrogens with zero attached hydrogens (tertiary/aromatic N) is 1. The van der Waals surface area contributed by atoms with Gasteiger partial charge in [0.15, 0.2) is 0 Å². The fourth-order valence-corrected chi connectivity index (χ4v) is 3.03. The second-order valence-electron chi connectivity index (χ2n) is 5.93. The van der Waals surface area contributed by atoms with E-state index in [0.717, 1.165) is 17.7 Å². The Hall–Kier alpha value is -2.13. The van der Waals surface area contributed by atoms with Gasteiger partial charge < -0.3 is 10.6 Å². The van der Waals surface area contributed by atoms with Crippen LogP contribution in [0, 0.1) is 0 Å². The third kappa shape index (κ3) is 2.24. The van der Waals surface area contributed by atoms with Gasteiger partial charge in [-0.3, -0.25) is 4.79 Å². The second-order valence-corrected chi connectivity index (χ2v) is 5.93. The van der Waals surface area contributed by atoms with Gasteiger partial charge in [0.05, 0.1) is 0 Å². The molecule has 1 heterocycles. The van der Waals surface area contributed by atoms with E-state index < -0.39 is 5.54 Å². The fraction of sp³-hybridized carbons (Fsp3) is 0.278. The van der Waals surface area contributed by atoms with E-state index in [4.69, 9.17) is 5.73 Å². The Balaban J connectivity index is 1.99. The zero-order valence-corrected chi connectivity index (χ0v) is 12.4. The maximum atomic E-state index is 13.0. The van der Waals surface area contributed by atoms with Crippen LogP contribution in [-0.4, -0.2) is 11.9 Å². The molecule has 3 heteroatoms. The highest BCUT2D eigenvalue weighted by Gasteiger charge is 2.40. The summed E-state index contributed by atoms with van der Waals surface area (Å²) in [6.07, 6.45) is 0.882. The van der Waals surface area contributed by atoms with Crippen molar-refractivity contribution in [1.82, 2.24) is 0 Å². The molecule has 2 N–H and O–H groups in total. The molecule has 0 spiro atoms. The summed E-state index contributed by atoms with van der Waals surface area (Å²) >= 11 is 0. The molecule has 2 atom stereocenters. The first-order chi connectivity index (χ1) is 10.0. The van der Waals surface area contributed by atoms with Crippen molar-refractivity contribution in [3.8, 4) is 0 Å². The first-order valence-electron chi connectivity index (χ1n) is 7.28. The third-order valence-electron chi connectivity index (χ3n) is 4.24. The van der Waals surface area contributed by atoms with Gasteiger partial charge in [0.1, 0.15) is 5.54 Å². The maximum absolute atomic E-state index is 13.0. The molecule has 2 aromatic rings. The number of anilines is 1. The summed E-state index contributed by atoms with van der Waals surface area (Å²) in [7, 11) is 0. The van der Waals surface area contributed by atoms with Crippen molar-refractivity contribution in [2.24, 2.45) is 5.73 Å². The van der Waals surface area contributed by atoms with E-state index in [-0.39, 0.29) is 11.9 Å². The normalized spacial score (nSPS) is 20.0. The number of carbonyl (C=O) groups is 1. The molecule has 2 aromatic carbocycles. The van der Waals surface area contributed by atoms with Gasteiger partial charge in [0, 0.05) is 11.7 Å². The standard InChI is InChI=1S/C18H20N2O/c1-13-12-14-8-6-7-11-16(14)20(13)17(21)18(2,19)15-9-4-3-5-10-15/h3-11,13H,12,19H2,1-2H3. The Morgan fingerprint density at radius 3 is 2.48 bits per heavy atom. The van der Waals surface area contributed by atoms with E-state index in [1.807, 2.05) is 53.4 Å². The third-order valence-corrected chi connectivity index (χ3v) is 4.24. The lowest BCUT2D eigenvalue weighted by Gasteiger charge is -2.32. The summed E-state index contributed by atoms with van der Waals surface area (Å²) in [6.45, 7) is 3.86. The Morgan fingerprint density at radius 1 is 1.14 bits per heavy atom. The molecule has 0 radical (unpaired) electrons. The maximum Gasteiger partial charge on any atom is 0.251 e.